The standard InChI is InChI=1S/C21H13FN4O3S/c22-14-7-4-8-15(11-14)26-20(27)18-16(9-10-30-18)25(21(26)28)12-17-23-19(24-29-17)13-5-2-1-3-6-13/h1-11H,12H2. The highest BCUT2D eigenvalue weighted by atomic mass is 32.1. The third kappa shape index (κ3) is 3.05. The lowest BCUT2D eigenvalue weighted by Crippen LogP contribution is -2.38. The fraction of sp³-hybridized carbons (Fsp3) is 0.0476. The maximum atomic E-state index is 13.7. The molecule has 0 fully saturated rings. The van der Waals surface area contributed by atoms with Crippen molar-refractivity contribution in [2.45, 2.75) is 6.54 Å². The van der Waals surface area contributed by atoms with Gasteiger partial charge in [0.1, 0.15) is 17.1 Å². The van der Waals surface area contributed by atoms with Gasteiger partial charge < -0.3 is 4.52 Å². The molecule has 0 aliphatic heterocycles. The van der Waals surface area contributed by atoms with E-state index >= 15 is 0 Å². The van der Waals surface area contributed by atoms with E-state index in [2.05, 4.69) is 10.1 Å². The number of benzene rings is 2. The maximum absolute atomic E-state index is 13.7. The molecule has 0 N–H and O–H groups in total. The fourth-order valence-electron chi connectivity index (χ4n) is 3.24. The van der Waals surface area contributed by atoms with Crippen molar-refractivity contribution in [1.29, 1.82) is 0 Å². The summed E-state index contributed by atoms with van der Waals surface area (Å²) in [6.07, 6.45) is 0. The second kappa shape index (κ2) is 7.20. The zero-order valence-corrected chi connectivity index (χ0v) is 16.2. The van der Waals surface area contributed by atoms with Crippen LogP contribution in [0.4, 0.5) is 4.39 Å². The van der Waals surface area contributed by atoms with Crippen molar-refractivity contribution in [3.8, 4) is 17.1 Å². The molecule has 0 aliphatic rings. The summed E-state index contributed by atoms with van der Waals surface area (Å²) >= 11 is 1.21. The first-order valence-electron chi connectivity index (χ1n) is 8.99. The normalized spacial score (nSPS) is 11.2. The van der Waals surface area contributed by atoms with Gasteiger partial charge in [0.2, 0.25) is 11.7 Å². The first kappa shape index (κ1) is 18.2. The van der Waals surface area contributed by atoms with Crippen LogP contribution in [0, 0.1) is 5.82 Å². The lowest BCUT2D eigenvalue weighted by atomic mass is 10.2. The molecule has 5 aromatic rings. The zero-order valence-electron chi connectivity index (χ0n) is 15.4. The Morgan fingerprint density at radius 2 is 1.87 bits per heavy atom. The summed E-state index contributed by atoms with van der Waals surface area (Å²) in [5, 5.41) is 5.70. The van der Waals surface area contributed by atoms with Gasteiger partial charge in [-0.25, -0.2) is 13.8 Å². The van der Waals surface area contributed by atoms with Gasteiger partial charge in [0.15, 0.2) is 0 Å². The molecule has 0 amide bonds. The van der Waals surface area contributed by atoms with Gasteiger partial charge in [-0.2, -0.15) is 4.98 Å². The van der Waals surface area contributed by atoms with E-state index in [0.717, 1.165) is 16.2 Å². The van der Waals surface area contributed by atoms with Crippen LogP contribution in [0.1, 0.15) is 5.89 Å². The van der Waals surface area contributed by atoms with E-state index in [1.54, 1.807) is 11.4 Å². The molecule has 7 nitrogen and oxygen atoms in total. The van der Waals surface area contributed by atoms with Crippen LogP contribution in [-0.2, 0) is 6.54 Å². The van der Waals surface area contributed by atoms with Crippen LogP contribution >= 0.6 is 11.3 Å². The molecule has 2 aromatic carbocycles. The Hall–Kier alpha value is -3.85. The fourth-order valence-corrected chi connectivity index (χ4v) is 4.07. The molecule has 148 valence electrons. The Bertz CT molecular complexity index is 1480. The minimum Gasteiger partial charge on any atom is -0.337 e. The Morgan fingerprint density at radius 1 is 1.03 bits per heavy atom. The highest BCUT2D eigenvalue weighted by Crippen LogP contribution is 2.19. The van der Waals surface area contributed by atoms with Crippen LogP contribution in [0.25, 0.3) is 27.3 Å². The molecule has 0 saturated heterocycles. The number of hydrogen-bond acceptors (Lipinski definition) is 6. The van der Waals surface area contributed by atoms with Crippen LogP contribution in [-0.4, -0.2) is 19.3 Å². The van der Waals surface area contributed by atoms with Gasteiger partial charge in [-0.05, 0) is 29.6 Å². The lowest BCUT2D eigenvalue weighted by Gasteiger charge is -2.10. The van der Waals surface area contributed by atoms with Gasteiger partial charge in [-0.1, -0.05) is 41.6 Å². The van der Waals surface area contributed by atoms with Gasteiger partial charge in [0, 0.05) is 5.56 Å². The van der Waals surface area contributed by atoms with Gasteiger partial charge >= 0.3 is 5.69 Å². The lowest BCUT2D eigenvalue weighted by molar-refractivity contribution is 0.370. The van der Waals surface area contributed by atoms with E-state index in [0.29, 0.717) is 16.0 Å². The molecule has 0 spiro atoms. The van der Waals surface area contributed by atoms with E-state index in [1.807, 2.05) is 30.3 Å². The topological polar surface area (TPSA) is 82.9 Å². The molecule has 9 heteroatoms. The van der Waals surface area contributed by atoms with Crippen molar-refractivity contribution in [1.82, 2.24) is 19.3 Å². The number of halogens is 1. The summed E-state index contributed by atoms with van der Waals surface area (Å²) in [6, 6.07) is 16.3. The number of aromatic nitrogens is 4. The molecule has 3 aromatic heterocycles. The summed E-state index contributed by atoms with van der Waals surface area (Å²) in [5.74, 6) is 0.0765. The zero-order chi connectivity index (χ0) is 20.7. The Morgan fingerprint density at radius 3 is 2.67 bits per heavy atom. The van der Waals surface area contributed by atoms with E-state index in [9.17, 15) is 14.0 Å². The van der Waals surface area contributed by atoms with E-state index in [1.165, 1.54) is 34.1 Å². The molecule has 3 heterocycles. The smallest absolute Gasteiger partial charge is 0.336 e. The first-order chi connectivity index (χ1) is 14.6. The molecule has 0 bridgehead atoms. The number of thiophene rings is 1. The summed E-state index contributed by atoms with van der Waals surface area (Å²) < 4.78 is 21.8. The Labute approximate surface area is 172 Å². The number of nitrogens with zero attached hydrogens (tertiary/aromatic N) is 4. The van der Waals surface area contributed by atoms with Crippen molar-refractivity contribution in [2.24, 2.45) is 0 Å². The highest BCUT2D eigenvalue weighted by Gasteiger charge is 2.18. The molecule has 0 saturated carbocycles. The predicted octanol–water partition coefficient (Wildman–Crippen LogP) is 3.45. The van der Waals surface area contributed by atoms with Crippen LogP contribution < -0.4 is 11.2 Å². The molecular weight excluding hydrogens is 407 g/mol. The van der Waals surface area contributed by atoms with E-state index in [-0.39, 0.29) is 18.1 Å². The number of fused-ring (bicyclic) bond motifs is 1. The monoisotopic (exact) mass is 420 g/mol. The summed E-state index contributed by atoms with van der Waals surface area (Å²) in [5.41, 5.74) is 0.287. The molecule has 30 heavy (non-hydrogen) atoms. The quantitative estimate of drug-likeness (QED) is 0.445. The predicted molar refractivity (Wildman–Crippen MR) is 110 cm³/mol. The van der Waals surface area contributed by atoms with Crippen molar-refractivity contribution >= 4 is 21.6 Å². The van der Waals surface area contributed by atoms with Crippen molar-refractivity contribution in [2.75, 3.05) is 0 Å². The first-order valence-corrected chi connectivity index (χ1v) is 9.87. The van der Waals surface area contributed by atoms with E-state index < -0.39 is 17.1 Å². The third-order valence-corrected chi connectivity index (χ3v) is 5.51. The average Bonchev–Trinajstić information content (AvgIpc) is 3.42. The third-order valence-electron chi connectivity index (χ3n) is 4.61. The van der Waals surface area contributed by atoms with Crippen LogP contribution in [0.15, 0.2) is 80.2 Å². The molecule has 0 aliphatic carbocycles. The molecule has 0 radical (unpaired) electrons. The van der Waals surface area contributed by atoms with Gasteiger partial charge in [-0.15, -0.1) is 11.3 Å². The minimum absolute atomic E-state index is 0.0263. The summed E-state index contributed by atoms with van der Waals surface area (Å²) in [4.78, 5) is 30.5. The van der Waals surface area contributed by atoms with Crippen molar-refractivity contribution in [3.05, 3.63) is 98.6 Å². The second-order valence-corrected chi connectivity index (χ2v) is 7.42. The molecule has 5 rings (SSSR count). The number of hydrogen-bond donors (Lipinski definition) is 0. The van der Waals surface area contributed by atoms with Gasteiger partial charge in [0.05, 0.1) is 11.2 Å². The minimum atomic E-state index is -0.615. The van der Waals surface area contributed by atoms with Crippen molar-refractivity contribution in [3.63, 3.8) is 0 Å². The van der Waals surface area contributed by atoms with Crippen molar-refractivity contribution < 1.29 is 8.91 Å². The largest absolute Gasteiger partial charge is 0.337 e. The molecular formula is C21H13FN4O3S. The van der Waals surface area contributed by atoms with Crippen LogP contribution in [0.2, 0.25) is 0 Å². The van der Waals surface area contributed by atoms with Gasteiger partial charge in [0.25, 0.3) is 5.56 Å². The van der Waals surface area contributed by atoms with Gasteiger partial charge in [-0.3, -0.25) is 9.36 Å². The summed E-state index contributed by atoms with van der Waals surface area (Å²) in [6.45, 7) is -0.0263. The summed E-state index contributed by atoms with van der Waals surface area (Å²) in [7, 11) is 0. The molecule has 0 unspecified atom stereocenters. The van der Waals surface area contributed by atoms with Crippen LogP contribution in [0.3, 0.4) is 0 Å². The molecule has 0 atom stereocenters. The second-order valence-electron chi connectivity index (χ2n) is 6.50. The highest BCUT2D eigenvalue weighted by molar-refractivity contribution is 7.17. The Kier molecular flexibility index (Phi) is 4.36. The van der Waals surface area contributed by atoms with E-state index in [4.69, 9.17) is 4.52 Å². The Balaban J connectivity index is 1.65. The maximum Gasteiger partial charge on any atom is 0.336 e. The van der Waals surface area contributed by atoms with Crippen LogP contribution in [0.5, 0.6) is 0 Å². The average molecular weight is 420 g/mol. The SMILES string of the molecule is O=c1c2sccc2n(Cc2nc(-c3ccccc3)no2)c(=O)n1-c1cccc(F)c1. The number of rotatable bonds is 4.